The van der Waals surface area contributed by atoms with E-state index < -0.39 is 17.7 Å². The molecule has 0 unspecified atom stereocenters. The second-order valence-electron chi connectivity index (χ2n) is 10.1. The topological polar surface area (TPSA) is 80.0 Å². The van der Waals surface area contributed by atoms with Crippen LogP contribution in [0.2, 0.25) is 0 Å². The Morgan fingerprint density at radius 3 is 2.36 bits per heavy atom. The largest absolute Gasteiger partial charge is 0.507 e. The zero-order valence-corrected chi connectivity index (χ0v) is 22.3. The number of hydrogen-bond acceptors (Lipinski definition) is 5. The lowest BCUT2D eigenvalue weighted by atomic mass is 9.93. The van der Waals surface area contributed by atoms with E-state index in [1.165, 1.54) is 11.2 Å². The third kappa shape index (κ3) is 5.50. The Balaban J connectivity index is 1.47. The summed E-state index contributed by atoms with van der Waals surface area (Å²) < 4.78 is 11.4. The number of rotatable bonds is 8. The first-order chi connectivity index (χ1) is 18.8. The van der Waals surface area contributed by atoms with E-state index in [2.05, 4.69) is 19.9 Å². The molecule has 5 rings (SSSR count). The molecule has 2 heterocycles. The van der Waals surface area contributed by atoms with E-state index in [1.54, 1.807) is 36.4 Å². The van der Waals surface area contributed by atoms with Crippen LogP contribution in [0.5, 0.6) is 5.75 Å². The fraction of sp³-hybridized carbons (Fsp3) is 0.212. The van der Waals surface area contributed by atoms with E-state index in [9.17, 15) is 14.7 Å². The molecule has 0 bridgehead atoms. The molecule has 0 aliphatic carbocycles. The standard InChI is InChI=1S/C33H31NO5/c1-21(2)24-9-11-25(12-10-24)30-29(32(36)33(37)34(30)19-28-8-5-17-38-28)31(35)26-13-15-27(16-14-26)39-20-23-7-4-6-22(3)18-23/h4-18,21,30,35H,19-20H2,1-3H3/t30-/m1/s1. The Labute approximate surface area is 228 Å². The zero-order valence-electron chi connectivity index (χ0n) is 22.3. The quantitative estimate of drug-likeness (QED) is 0.155. The van der Waals surface area contributed by atoms with Gasteiger partial charge in [0.25, 0.3) is 11.7 Å². The summed E-state index contributed by atoms with van der Waals surface area (Å²) in [4.78, 5) is 28.0. The van der Waals surface area contributed by atoms with Crippen LogP contribution in [-0.4, -0.2) is 21.7 Å². The molecule has 1 N–H and O–H groups in total. The number of furan rings is 1. The molecule has 3 aromatic carbocycles. The van der Waals surface area contributed by atoms with Gasteiger partial charge in [-0.25, -0.2) is 0 Å². The van der Waals surface area contributed by atoms with Crippen LogP contribution in [0.25, 0.3) is 5.76 Å². The van der Waals surface area contributed by atoms with Crippen LogP contribution >= 0.6 is 0 Å². The highest BCUT2D eigenvalue weighted by Crippen LogP contribution is 2.40. The van der Waals surface area contributed by atoms with Crippen LogP contribution in [0.1, 0.15) is 59.4 Å². The molecular formula is C33H31NO5. The van der Waals surface area contributed by atoms with Crippen LogP contribution in [0, 0.1) is 6.92 Å². The van der Waals surface area contributed by atoms with Crippen LogP contribution in [-0.2, 0) is 22.7 Å². The van der Waals surface area contributed by atoms with Gasteiger partial charge >= 0.3 is 0 Å². The van der Waals surface area contributed by atoms with Crippen molar-refractivity contribution in [3.05, 3.63) is 130 Å². The number of aliphatic hydroxyl groups excluding tert-OH is 1. The molecule has 1 amide bonds. The number of Topliss-reactive ketones (excluding diaryl/α,β-unsaturated/α-hetero) is 1. The first-order valence-corrected chi connectivity index (χ1v) is 13.0. The number of aryl methyl sites for hydroxylation is 1. The number of hydrogen-bond donors (Lipinski definition) is 1. The maximum absolute atomic E-state index is 13.3. The van der Waals surface area contributed by atoms with Gasteiger partial charge in [-0.15, -0.1) is 0 Å². The summed E-state index contributed by atoms with van der Waals surface area (Å²) in [6.45, 7) is 6.76. The van der Waals surface area contributed by atoms with E-state index in [1.807, 2.05) is 49.4 Å². The number of ether oxygens (including phenoxy) is 1. The highest BCUT2D eigenvalue weighted by atomic mass is 16.5. The number of carbonyl (C=O) groups is 2. The molecule has 6 heteroatoms. The maximum atomic E-state index is 13.3. The SMILES string of the molecule is Cc1cccc(COc2ccc(C(O)=C3C(=O)C(=O)N(Cc4ccco4)[C@@H]3c3ccc(C(C)C)cc3)cc2)c1. The number of aliphatic hydroxyl groups is 1. The molecule has 0 spiro atoms. The average Bonchev–Trinajstić information content (AvgIpc) is 3.54. The normalized spacial score (nSPS) is 16.7. The van der Waals surface area contributed by atoms with Gasteiger partial charge in [-0.1, -0.05) is 67.9 Å². The van der Waals surface area contributed by atoms with Crippen LogP contribution in [0.3, 0.4) is 0 Å². The van der Waals surface area contributed by atoms with Crippen molar-refractivity contribution in [1.82, 2.24) is 4.90 Å². The van der Waals surface area contributed by atoms with Crippen molar-refractivity contribution in [3.8, 4) is 5.75 Å². The van der Waals surface area contributed by atoms with Crippen LogP contribution in [0.4, 0.5) is 0 Å². The van der Waals surface area contributed by atoms with E-state index in [4.69, 9.17) is 9.15 Å². The Morgan fingerprint density at radius 2 is 1.72 bits per heavy atom. The number of likely N-dealkylation sites (tertiary alicyclic amines) is 1. The van der Waals surface area contributed by atoms with E-state index in [0.717, 1.165) is 22.3 Å². The molecule has 1 atom stereocenters. The number of carbonyl (C=O) groups excluding carboxylic acids is 2. The fourth-order valence-electron chi connectivity index (χ4n) is 4.86. The number of ketones is 1. The summed E-state index contributed by atoms with van der Waals surface area (Å²) >= 11 is 0. The molecule has 1 fully saturated rings. The Kier molecular flexibility index (Phi) is 7.37. The van der Waals surface area contributed by atoms with Crippen molar-refractivity contribution in [2.75, 3.05) is 0 Å². The van der Waals surface area contributed by atoms with Crippen LogP contribution in [0.15, 0.2) is 101 Å². The minimum atomic E-state index is -0.756. The Bertz CT molecular complexity index is 1500. The summed E-state index contributed by atoms with van der Waals surface area (Å²) in [7, 11) is 0. The monoisotopic (exact) mass is 521 g/mol. The predicted octanol–water partition coefficient (Wildman–Crippen LogP) is 6.91. The molecule has 1 saturated heterocycles. The zero-order chi connectivity index (χ0) is 27.5. The molecule has 6 nitrogen and oxygen atoms in total. The van der Waals surface area contributed by atoms with Gasteiger partial charge in [0, 0.05) is 5.56 Å². The van der Waals surface area contributed by atoms with Crippen molar-refractivity contribution in [1.29, 1.82) is 0 Å². The van der Waals surface area contributed by atoms with Gasteiger partial charge in [0.1, 0.15) is 23.9 Å². The summed E-state index contributed by atoms with van der Waals surface area (Å²) in [5.74, 6) is -0.109. The molecule has 198 valence electrons. The minimum Gasteiger partial charge on any atom is -0.507 e. The van der Waals surface area contributed by atoms with E-state index in [0.29, 0.717) is 29.6 Å². The van der Waals surface area contributed by atoms with Gasteiger partial charge in [-0.05, 0) is 65.9 Å². The van der Waals surface area contributed by atoms with Gasteiger partial charge in [0.2, 0.25) is 0 Å². The Morgan fingerprint density at radius 1 is 0.974 bits per heavy atom. The summed E-state index contributed by atoms with van der Waals surface area (Å²) in [6, 6.07) is 25.5. The third-order valence-corrected chi connectivity index (χ3v) is 6.98. The smallest absolute Gasteiger partial charge is 0.296 e. The summed E-state index contributed by atoms with van der Waals surface area (Å²) in [5, 5.41) is 11.4. The van der Waals surface area contributed by atoms with E-state index >= 15 is 0 Å². The molecule has 0 radical (unpaired) electrons. The number of nitrogens with zero attached hydrogens (tertiary/aromatic N) is 1. The first kappa shape index (κ1) is 26.0. The highest BCUT2D eigenvalue weighted by molar-refractivity contribution is 6.46. The molecule has 0 saturated carbocycles. The minimum absolute atomic E-state index is 0.0530. The maximum Gasteiger partial charge on any atom is 0.296 e. The molecule has 4 aromatic rings. The fourth-order valence-corrected chi connectivity index (χ4v) is 4.86. The van der Waals surface area contributed by atoms with Crippen LogP contribution < -0.4 is 4.74 Å². The average molecular weight is 522 g/mol. The first-order valence-electron chi connectivity index (χ1n) is 13.0. The van der Waals surface area contributed by atoms with Crippen molar-refractivity contribution in [2.45, 2.75) is 45.9 Å². The van der Waals surface area contributed by atoms with Crippen molar-refractivity contribution in [3.63, 3.8) is 0 Å². The van der Waals surface area contributed by atoms with Crippen molar-refractivity contribution < 1.29 is 23.8 Å². The molecular weight excluding hydrogens is 490 g/mol. The number of amides is 1. The third-order valence-electron chi connectivity index (χ3n) is 6.98. The molecule has 1 aliphatic heterocycles. The molecule has 1 aromatic heterocycles. The molecule has 1 aliphatic rings. The second kappa shape index (κ2) is 11.0. The Hall–Kier alpha value is -4.58. The highest BCUT2D eigenvalue weighted by Gasteiger charge is 2.46. The lowest BCUT2D eigenvalue weighted by molar-refractivity contribution is -0.140. The van der Waals surface area contributed by atoms with Gasteiger partial charge in [0.05, 0.1) is 24.4 Å². The van der Waals surface area contributed by atoms with Gasteiger partial charge in [-0.3, -0.25) is 9.59 Å². The van der Waals surface area contributed by atoms with Crippen molar-refractivity contribution in [2.24, 2.45) is 0 Å². The van der Waals surface area contributed by atoms with Gasteiger partial charge < -0.3 is 19.2 Å². The summed E-state index contributed by atoms with van der Waals surface area (Å²) in [5.41, 5.74) is 4.58. The second-order valence-corrected chi connectivity index (χ2v) is 10.1. The lowest BCUT2D eigenvalue weighted by Crippen LogP contribution is -2.29. The lowest BCUT2D eigenvalue weighted by Gasteiger charge is -2.25. The summed E-state index contributed by atoms with van der Waals surface area (Å²) in [6.07, 6.45) is 1.53. The van der Waals surface area contributed by atoms with Crippen molar-refractivity contribution >= 4 is 17.4 Å². The van der Waals surface area contributed by atoms with Gasteiger partial charge in [0.15, 0.2) is 0 Å². The van der Waals surface area contributed by atoms with E-state index in [-0.39, 0.29) is 17.9 Å². The number of benzene rings is 3. The predicted molar refractivity (Wildman–Crippen MR) is 149 cm³/mol. The molecule has 39 heavy (non-hydrogen) atoms. The van der Waals surface area contributed by atoms with Gasteiger partial charge in [-0.2, -0.15) is 0 Å².